The van der Waals surface area contributed by atoms with Gasteiger partial charge in [0.1, 0.15) is 23.3 Å². The van der Waals surface area contributed by atoms with E-state index in [1.54, 1.807) is 22.7 Å². The fourth-order valence-corrected chi connectivity index (χ4v) is 19.9. The molecule has 0 unspecified atom stereocenters. The van der Waals surface area contributed by atoms with Crippen molar-refractivity contribution in [2.75, 3.05) is 0 Å². The van der Waals surface area contributed by atoms with E-state index in [-0.39, 0.29) is 0 Å². The highest BCUT2D eigenvalue weighted by Crippen LogP contribution is 2.54. The molecular formula is C94H52N6S2. The number of thiophene rings is 2. The van der Waals surface area contributed by atoms with Gasteiger partial charge in [-0.1, -0.05) is 267 Å². The molecule has 0 amide bonds. The van der Waals surface area contributed by atoms with Crippen LogP contribution in [0, 0.1) is 22.7 Å². The zero-order chi connectivity index (χ0) is 67.0. The lowest BCUT2D eigenvalue weighted by molar-refractivity contribution is 1.03. The molecule has 0 atom stereocenters. The smallest absolute Gasteiger partial charge is 0.104 e. The van der Waals surface area contributed by atoms with Crippen LogP contribution in [-0.2, 0) is 0 Å². The van der Waals surface area contributed by atoms with Crippen LogP contribution < -0.4 is 0 Å². The van der Waals surface area contributed by atoms with Crippen LogP contribution in [0.25, 0.3) is 205 Å². The van der Waals surface area contributed by atoms with Crippen LogP contribution in [0.5, 0.6) is 0 Å². The van der Waals surface area contributed by atoms with E-state index in [1.807, 2.05) is 0 Å². The van der Waals surface area contributed by atoms with Crippen LogP contribution in [0.4, 0.5) is 0 Å². The van der Waals surface area contributed by atoms with Crippen molar-refractivity contribution in [1.82, 2.24) is 18.3 Å². The van der Waals surface area contributed by atoms with Gasteiger partial charge < -0.3 is 18.3 Å². The molecule has 0 saturated heterocycles. The number of hydrogen-bond donors (Lipinski definition) is 0. The first-order valence-electron chi connectivity index (χ1n) is 34.4. The summed E-state index contributed by atoms with van der Waals surface area (Å²) in [5.41, 5.74) is 17.0. The lowest BCUT2D eigenvalue weighted by atomic mass is 9.91. The Hall–Kier alpha value is -13.3. The zero-order valence-corrected chi connectivity index (χ0v) is 56.2. The molecule has 0 N–H and O–H groups in total. The zero-order valence-electron chi connectivity index (χ0n) is 54.5. The number of aromatic nitrogens is 4. The minimum absolute atomic E-state index is 0.398. The molecule has 8 heteroatoms. The Kier molecular flexibility index (Phi) is 12.0. The van der Waals surface area contributed by atoms with Crippen LogP contribution in [0.1, 0.15) is 11.1 Å². The third kappa shape index (κ3) is 7.74. The van der Waals surface area contributed by atoms with Gasteiger partial charge in [0.15, 0.2) is 0 Å². The van der Waals surface area contributed by atoms with Crippen molar-refractivity contribution in [2.24, 2.45) is 0 Å². The van der Waals surface area contributed by atoms with Gasteiger partial charge in [-0.2, -0.15) is 10.5 Å². The Morgan fingerprint density at radius 3 is 1.11 bits per heavy atom. The summed E-state index contributed by atoms with van der Waals surface area (Å²) in [5.74, 6) is 0. The van der Waals surface area contributed by atoms with E-state index in [0.29, 0.717) is 33.9 Å². The molecule has 22 aromatic rings. The normalized spacial score (nSPS) is 12.1. The predicted molar refractivity (Wildman–Crippen MR) is 430 cm³/mol. The van der Waals surface area contributed by atoms with Gasteiger partial charge in [-0.05, 0) is 103 Å². The van der Waals surface area contributed by atoms with Crippen LogP contribution in [0.15, 0.2) is 315 Å². The largest absolute Gasteiger partial charge is 0.306 e. The molecule has 0 radical (unpaired) electrons. The topological polar surface area (TPSA) is 67.3 Å². The summed E-state index contributed by atoms with van der Waals surface area (Å²) in [5, 5.41) is 44.7. The number of rotatable bonds is 7. The molecular weight excluding hydrogens is 1280 g/mol. The maximum Gasteiger partial charge on any atom is 0.104 e. The molecule has 0 aliphatic heterocycles. The number of nitriles is 2. The number of para-hydroxylation sites is 4. The summed E-state index contributed by atoms with van der Waals surface area (Å²) in [6, 6.07) is 120. The van der Waals surface area contributed by atoms with Crippen molar-refractivity contribution in [1.29, 1.82) is 10.5 Å². The number of hydrogen-bond acceptors (Lipinski definition) is 4. The van der Waals surface area contributed by atoms with Crippen molar-refractivity contribution < 1.29 is 0 Å². The Morgan fingerprint density at radius 2 is 0.578 bits per heavy atom. The van der Waals surface area contributed by atoms with E-state index in [2.05, 4.69) is 346 Å². The molecule has 6 heterocycles. The SMILES string of the molecule is N#Cc1c(-n2c3ccccc3c3ccccc32)c(-n2c3cccc(-c4cccc5ccccc45)c3c3ccc4c5ccccc5sc4c32)c(C#N)c(-n2c3ccccc3c3ccccc32)c1-n1c2cc(-c3ccccc3-c3cccc4ccccc34)ccc2c2ccc3c4ccccc4sc3c21. The highest BCUT2D eigenvalue weighted by atomic mass is 32.1. The summed E-state index contributed by atoms with van der Waals surface area (Å²) in [7, 11) is 0. The molecule has 0 saturated carbocycles. The minimum atomic E-state index is 0.398. The summed E-state index contributed by atoms with van der Waals surface area (Å²) < 4.78 is 14.0. The Balaban J connectivity index is 1.01. The van der Waals surface area contributed by atoms with Gasteiger partial charge in [0.25, 0.3) is 0 Å². The van der Waals surface area contributed by atoms with Gasteiger partial charge >= 0.3 is 0 Å². The maximum atomic E-state index is 13.6. The first kappa shape index (κ1) is 56.7. The number of benzene rings is 16. The summed E-state index contributed by atoms with van der Waals surface area (Å²) in [4.78, 5) is 0. The van der Waals surface area contributed by atoms with Gasteiger partial charge in [-0.25, -0.2) is 0 Å². The average Bonchev–Trinajstić information content (AvgIpc) is 1.52. The van der Waals surface area contributed by atoms with Crippen LogP contribution >= 0.6 is 22.7 Å². The third-order valence-corrected chi connectivity index (χ3v) is 24.0. The number of nitrogens with zero attached hydrogens (tertiary/aromatic N) is 6. The Labute approximate surface area is 591 Å². The molecule has 102 heavy (non-hydrogen) atoms. The second-order valence-electron chi connectivity index (χ2n) is 26.7. The first-order valence-corrected chi connectivity index (χ1v) is 36.1. The van der Waals surface area contributed by atoms with Crippen molar-refractivity contribution in [3.8, 4) is 68.3 Å². The summed E-state index contributed by atoms with van der Waals surface area (Å²) in [6.07, 6.45) is 0. The molecule has 0 spiro atoms. The molecule has 470 valence electrons. The fraction of sp³-hybridized carbons (Fsp3) is 0. The second-order valence-corrected chi connectivity index (χ2v) is 28.8. The molecule has 16 aromatic carbocycles. The molecule has 0 aliphatic rings. The highest BCUT2D eigenvalue weighted by Gasteiger charge is 2.36. The molecule has 0 aliphatic carbocycles. The quantitative estimate of drug-likeness (QED) is 0.160. The predicted octanol–water partition coefficient (Wildman–Crippen LogP) is 25.9. The Bertz CT molecular complexity index is 7440. The van der Waals surface area contributed by atoms with Crippen molar-refractivity contribution in [3.05, 3.63) is 327 Å². The van der Waals surface area contributed by atoms with E-state index in [1.165, 1.54) is 10.8 Å². The van der Waals surface area contributed by atoms with E-state index in [4.69, 9.17) is 0 Å². The van der Waals surface area contributed by atoms with E-state index >= 15 is 0 Å². The van der Waals surface area contributed by atoms with Gasteiger partial charge in [-0.3, -0.25) is 0 Å². The lowest BCUT2D eigenvalue weighted by Crippen LogP contribution is -2.16. The van der Waals surface area contributed by atoms with Gasteiger partial charge in [0, 0.05) is 74.0 Å². The monoisotopic (exact) mass is 1330 g/mol. The maximum absolute atomic E-state index is 13.6. The second kappa shape index (κ2) is 21.6. The van der Waals surface area contributed by atoms with Crippen LogP contribution in [-0.4, -0.2) is 18.3 Å². The van der Waals surface area contributed by atoms with E-state index in [9.17, 15) is 10.5 Å². The summed E-state index contributed by atoms with van der Waals surface area (Å²) in [6.45, 7) is 0. The first-order chi connectivity index (χ1) is 50.6. The van der Waals surface area contributed by atoms with E-state index < -0.39 is 0 Å². The number of fused-ring (bicyclic) bond motifs is 22. The molecule has 6 nitrogen and oxygen atoms in total. The van der Waals surface area contributed by atoms with Crippen molar-refractivity contribution in [2.45, 2.75) is 0 Å². The lowest BCUT2D eigenvalue weighted by Gasteiger charge is -2.27. The van der Waals surface area contributed by atoms with Gasteiger partial charge in [-0.15, -0.1) is 22.7 Å². The third-order valence-electron chi connectivity index (χ3n) is 21.6. The van der Waals surface area contributed by atoms with Crippen LogP contribution in [0.2, 0.25) is 0 Å². The molecule has 0 fully saturated rings. The molecule has 6 aromatic heterocycles. The van der Waals surface area contributed by atoms with Crippen molar-refractivity contribution >= 4 is 172 Å². The van der Waals surface area contributed by atoms with E-state index in [0.717, 1.165) is 172 Å². The van der Waals surface area contributed by atoms with Crippen molar-refractivity contribution in [3.63, 3.8) is 0 Å². The Morgan fingerprint density at radius 1 is 0.235 bits per heavy atom. The fourth-order valence-electron chi connectivity index (χ4n) is 17.5. The highest BCUT2D eigenvalue weighted by molar-refractivity contribution is 7.27. The summed E-state index contributed by atoms with van der Waals surface area (Å²) >= 11 is 3.56. The van der Waals surface area contributed by atoms with Gasteiger partial charge in [0.05, 0.1) is 76.3 Å². The van der Waals surface area contributed by atoms with Crippen LogP contribution in [0.3, 0.4) is 0 Å². The standard InChI is InChI=1S/C94H52N6S2/c95-53-76-88(98-80-41-15-9-32-66(80)67-33-10-16-42-81(67)98)90(100-83-52-57(60-28-5-6-29-61(60)62-36-19-24-55-22-1-3-26-58(55)62)46-47-68(83)72-48-49-73-69-34-11-17-44-84(69)101-93(73)91(72)100)77(54-96)87(97-78-39-13-7-30-64(78)65-31-8-14-40-79(65)97)89(76)99-82-43-21-38-71(63-37-20-25-56-23-2-4-27-59(56)63)86(82)75-51-50-74-70-35-12-18-45-85(70)102-94(74)92(75)99/h1-52H. The molecule has 22 rings (SSSR count). The van der Waals surface area contributed by atoms with Gasteiger partial charge in [0.2, 0.25) is 0 Å². The average molecular weight is 1330 g/mol. The minimum Gasteiger partial charge on any atom is -0.306 e. The molecule has 0 bridgehead atoms.